The molecule has 4 nitrogen and oxygen atoms in total. The molecule has 2 fully saturated rings. The predicted octanol–water partition coefficient (Wildman–Crippen LogP) is 3.47. The van der Waals surface area contributed by atoms with Crippen LogP contribution in [0.2, 0.25) is 0 Å². The molecular formula is C22H26N2O2. The van der Waals surface area contributed by atoms with E-state index in [0.29, 0.717) is 24.3 Å². The number of likely N-dealkylation sites (tertiary alicyclic amines) is 1. The van der Waals surface area contributed by atoms with Crippen LogP contribution in [0.15, 0.2) is 54.9 Å². The molecule has 1 saturated carbocycles. The van der Waals surface area contributed by atoms with Gasteiger partial charge in [-0.2, -0.15) is 0 Å². The fraction of sp³-hybridized carbons (Fsp3) is 0.455. The van der Waals surface area contributed by atoms with Gasteiger partial charge in [0.1, 0.15) is 0 Å². The first-order valence-electron chi connectivity index (χ1n) is 9.63. The number of rotatable bonds is 6. The first-order chi connectivity index (χ1) is 12.8. The third-order valence-electron chi connectivity index (χ3n) is 5.46. The Hall–Kier alpha value is -2.20. The van der Waals surface area contributed by atoms with Gasteiger partial charge in [-0.1, -0.05) is 30.3 Å². The fourth-order valence-electron chi connectivity index (χ4n) is 3.81. The Morgan fingerprint density at radius 2 is 1.81 bits per heavy atom. The number of carbonyl (C=O) groups is 1. The number of hydrogen-bond donors (Lipinski definition) is 0. The Kier molecular flexibility index (Phi) is 5.30. The summed E-state index contributed by atoms with van der Waals surface area (Å²) in [7, 11) is 0. The molecule has 1 aromatic carbocycles. The summed E-state index contributed by atoms with van der Waals surface area (Å²) in [5.41, 5.74) is 2.46. The minimum absolute atomic E-state index is 0.187. The number of ether oxygens (including phenoxy) is 1. The van der Waals surface area contributed by atoms with Crippen LogP contribution in [0, 0.1) is 11.8 Å². The highest BCUT2D eigenvalue weighted by Gasteiger charge is 2.38. The third kappa shape index (κ3) is 4.31. The van der Waals surface area contributed by atoms with E-state index in [-0.39, 0.29) is 6.10 Å². The Morgan fingerprint density at radius 3 is 2.54 bits per heavy atom. The molecule has 0 N–H and O–H groups in total. The van der Waals surface area contributed by atoms with Crippen LogP contribution in [0.5, 0.6) is 0 Å². The van der Waals surface area contributed by atoms with Crippen LogP contribution in [0.1, 0.15) is 30.4 Å². The number of benzene rings is 1. The van der Waals surface area contributed by atoms with Crippen molar-refractivity contribution in [3.63, 3.8) is 0 Å². The van der Waals surface area contributed by atoms with Gasteiger partial charge >= 0.3 is 0 Å². The van der Waals surface area contributed by atoms with Crippen molar-refractivity contribution in [3.05, 3.63) is 66.0 Å². The van der Waals surface area contributed by atoms with Gasteiger partial charge in [0, 0.05) is 37.3 Å². The summed E-state index contributed by atoms with van der Waals surface area (Å²) in [4.78, 5) is 18.7. The molecule has 2 aromatic rings. The molecule has 4 rings (SSSR count). The van der Waals surface area contributed by atoms with Crippen molar-refractivity contribution >= 4 is 5.91 Å². The third-order valence-corrected chi connectivity index (χ3v) is 5.46. The van der Waals surface area contributed by atoms with Crippen LogP contribution in [0.4, 0.5) is 0 Å². The molecule has 2 heterocycles. The summed E-state index contributed by atoms with van der Waals surface area (Å²) in [6.07, 6.45) is 7.80. The van der Waals surface area contributed by atoms with E-state index < -0.39 is 0 Å². The van der Waals surface area contributed by atoms with Crippen molar-refractivity contribution in [1.82, 2.24) is 9.88 Å². The van der Waals surface area contributed by atoms with E-state index in [0.717, 1.165) is 44.3 Å². The van der Waals surface area contributed by atoms with Gasteiger partial charge in [0.25, 0.3) is 0 Å². The summed E-state index contributed by atoms with van der Waals surface area (Å²) >= 11 is 0. The van der Waals surface area contributed by atoms with Gasteiger partial charge in [0.15, 0.2) is 0 Å². The minimum atomic E-state index is 0.187. The molecular weight excluding hydrogens is 324 g/mol. The number of piperidine rings is 1. The Morgan fingerprint density at radius 1 is 1.04 bits per heavy atom. The minimum Gasteiger partial charge on any atom is -0.373 e. The van der Waals surface area contributed by atoms with Crippen molar-refractivity contribution in [2.75, 3.05) is 13.1 Å². The normalized spacial score (nSPS) is 23.0. The predicted molar refractivity (Wildman–Crippen MR) is 100 cm³/mol. The number of nitrogens with zero attached hydrogens (tertiary/aromatic N) is 2. The van der Waals surface area contributed by atoms with Crippen molar-refractivity contribution in [1.29, 1.82) is 0 Å². The lowest BCUT2D eigenvalue weighted by Gasteiger charge is -2.39. The van der Waals surface area contributed by atoms with E-state index in [1.54, 1.807) is 12.4 Å². The largest absolute Gasteiger partial charge is 0.373 e. The van der Waals surface area contributed by atoms with Gasteiger partial charge in [-0.05, 0) is 48.9 Å². The molecule has 0 unspecified atom stereocenters. The van der Waals surface area contributed by atoms with Crippen molar-refractivity contribution < 1.29 is 9.53 Å². The molecule has 1 amide bonds. The molecule has 26 heavy (non-hydrogen) atoms. The van der Waals surface area contributed by atoms with Crippen LogP contribution >= 0.6 is 0 Å². The molecule has 1 aliphatic heterocycles. The summed E-state index contributed by atoms with van der Waals surface area (Å²) < 4.78 is 6.29. The molecule has 1 aliphatic carbocycles. The summed E-state index contributed by atoms with van der Waals surface area (Å²) in [6, 6.07) is 14.5. The average molecular weight is 350 g/mol. The topological polar surface area (TPSA) is 42.4 Å². The van der Waals surface area contributed by atoms with Crippen LogP contribution in [0.25, 0.3) is 0 Å². The van der Waals surface area contributed by atoms with Gasteiger partial charge < -0.3 is 9.64 Å². The zero-order valence-electron chi connectivity index (χ0n) is 15.1. The van der Waals surface area contributed by atoms with Crippen LogP contribution in [-0.2, 0) is 22.6 Å². The molecule has 0 bridgehead atoms. The lowest BCUT2D eigenvalue weighted by atomic mass is 9.88. The molecule has 1 saturated heterocycles. The quantitative estimate of drug-likeness (QED) is 0.801. The van der Waals surface area contributed by atoms with E-state index in [4.69, 9.17) is 4.74 Å². The Bertz CT molecular complexity index is 715. The first kappa shape index (κ1) is 17.2. The second kappa shape index (κ2) is 8.00. The van der Waals surface area contributed by atoms with E-state index in [9.17, 15) is 4.79 Å². The maximum absolute atomic E-state index is 12.5. The van der Waals surface area contributed by atoms with E-state index in [2.05, 4.69) is 34.1 Å². The van der Waals surface area contributed by atoms with Gasteiger partial charge in [0.2, 0.25) is 5.91 Å². The number of amides is 1. The Balaban J connectivity index is 1.43. The number of aromatic nitrogens is 1. The SMILES string of the molecule is O=C(C1CC1)N1CC[C@@H](OCc2ccncc2)[C@@H](Cc2ccccc2)C1. The van der Waals surface area contributed by atoms with Gasteiger partial charge in [0.05, 0.1) is 12.7 Å². The molecule has 2 atom stereocenters. The van der Waals surface area contributed by atoms with Crippen LogP contribution in [0.3, 0.4) is 0 Å². The maximum atomic E-state index is 12.5. The Labute approximate surface area is 155 Å². The molecule has 0 radical (unpaired) electrons. The first-order valence-corrected chi connectivity index (χ1v) is 9.63. The van der Waals surface area contributed by atoms with Gasteiger partial charge in [-0.15, -0.1) is 0 Å². The standard InChI is InChI=1S/C22H26N2O2/c25-22(19-6-7-19)24-13-10-21(26-16-18-8-11-23-12-9-18)20(15-24)14-17-4-2-1-3-5-17/h1-5,8-9,11-12,19-21H,6-7,10,13-16H2/t20-,21+/m0/s1. The zero-order chi connectivity index (χ0) is 17.8. The molecule has 1 aromatic heterocycles. The zero-order valence-corrected chi connectivity index (χ0v) is 15.1. The number of hydrogen-bond acceptors (Lipinski definition) is 3. The monoisotopic (exact) mass is 350 g/mol. The van der Waals surface area contributed by atoms with Crippen molar-refractivity contribution in [3.8, 4) is 0 Å². The van der Waals surface area contributed by atoms with Gasteiger partial charge in [-0.3, -0.25) is 9.78 Å². The highest BCUT2D eigenvalue weighted by atomic mass is 16.5. The summed E-state index contributed by atoms with van der Waals surface area (Å²) in [5.74, 6) is 0.994. The second-order valence-electron chi connectivity index (χ2n) is 7.50. The molecule has 2 aliphatic rings. The van der Waals surface area contributed by atoms with E-state index in [1.165, 1.54) is 5.56 Å². The highest BCUT2D eigenvalue weighted by molar-refractivity contribution is 5.81. The molecule has 0 spiro atoms. The smallest absolute Gasteiger partial charge is 0.225 e. The fourth-order valence-corrected chi connectivity index (χ4v) is 3.81. The van der Waals surface area contributed by atoms with Gasteiger partial charge in [-0.25, -0.2) is 0 Å². The summed E-state index contributed by atoms with van der Waals surface area (Å²) in [5, 5.41) is 0. The lowest BCUT2D eigenvalue weighted by Crippen LogP contribution is -2.48. The molecule has 4 heteroatoms. The highest BCUT2D eigenvalue weighted by Crippen LogP contribution is 2.33. The van der Waals surface area contributed by atoms with E-state index >= 15 is 0 Å². The van der Waals surface area contributed by atoms with Crippen molar-refractivity contribution in [2.24, 2.45) is 11.8 Å². The maximum Gasteiger partial charge on any atom is 0.225 e. The van der Waals surface area contributed by atoms with Crippen LogP contribution < -0.4 is 0 Å². The molecule has 136 valence electrons. The van der Waals surface area contributed by atoms with Crippen molar-refractivity contribution in [2.45, 2.75) is 38.4 Å². The number of carbonyl (C=O) groups excluding carboxylic acids is 1. The van der Waals surface area contributed by atoms with E-state index in [1.807, 2.05) is 18.2 Å². The van der Waals surface area contributed by atoms with Crippen LogP contribution in [-0.4, -0.2) is 35.0 Å². The second-order valence-corrected chi connectivity index (χ2v) is 7.50. The average Bonchev–Trinajstić information content (AvgIpc) is 3.53. The number of pyridine rings is 1. The lowest BCUT2D eigenvalue weighted by molar-refractivity contribution is -0.138. The summed E-state index contributed by atoms with van der Waals surface area (Å²) in [6.45, 7) is 2.24.